The van der Waals surface area contributed by atoms with Crippen molar-refractivity contribution in [3.63, 3.8) is 0 Å². The van der Waals surface area contributed by atoms with E-state index in [1.54, 1.807) is 6.92 Å². The van der Waals surface area contributed by atoms with Crippen LogP contribution in [0.2, 0.25) is 0 Å². The Balaban J connectivity index is 2.10. The first-order valence-electron chi connectivity index (χ1n) is 8.13. The van der Waals surface area contributed by atoms with E-state index in [4.69, 9.17) is 4.74 Å². The molecule has 2 rings (SSSR count). The highest BCUT2D eigenvalue weighted by Crippen LogP contribution is 2.27. The van der Waals surface area contributed by atoms with Gasteiger partial charge in [0.2, 0.25) is 0 Å². The first kappa shape index (κ1) is 17.1. The summed E-state index contributed by atoms with van der Waals surface area (Å²) < 4.78 is 5.40. The van der Waals surface area contributed by atoms with E-state index in [1.165, 1.54) is 0 Å². The van der Waals surface area contributed by atoms with Gasteiger partial charge in [0.25, 0.3) is 0 Å². The van der Waals surface area contributed by atoms with E-state index in [0.29, 0.717) is 17.9 Å². The van der Waals surface area contributed by atoms with Gasteiger partial charge in [-0.05, 0) is 18.9 Å². The lowest BCUT2D eigenvalue weighted by molar-refractivity contribution is -0.139. The Kier molecular flexibility index (Phi) is 6.20. The standard InChI is InChI=1S/C18H24N2O3/c1-3-4-5-9-12-23-17(21)15-13(2)19-18(22)20-16(15)14-10-7-6-8-11-14/h6-8,10-11,16H,3-5,9,12H2,1-2H3,(H2,19,20,22)/t16-/m0/s1. The van der Waals surface area contributed by atoms with Crippen LogP contribution in [0.5, 0.6) is 0 Å². The molecule has 5 heteroatoms. The summed E-state index contributed by atoms with van der Waals surface area (Å²) in [6, 6.07) is 8.65. The third-order valence-electron chi connectivity index (χ3n) is 3.85. The molecule has 1 aliphatic heterocycles. The average molecular weight is 316 g/mol. The van der Waals surface area contributed by atoms with Gasteiger partial charge < -0.3 is 15.4 Å². The van der Waals surface area contributed by atoms with Crippen LogP contribution in [0.25, 0.3) is 0 Å². The molecule has 0 radical (unpaired) electrons. The number of unbranched alkanes of at least 4 members (excludes halogenated alkanes) is 3. The molecule has 2 amide bonds. The van der Waals surface area contributed by atoms with E-state index in [-0.39, 0.29) is 12.0 Å². The lowest BCUT2D eigenvalue weighted by atomic mass is 9.96. The predicted molar refractivity (Wildman–Crippen MR) is 88.7 cm³/mol. The van der Waals surface area contributed by atoms with Crippen LogP contribution in [-0.2, 0) is 9.53 Å². The largest absolute Gasteiger partial charge is 0.462 e. The van der Waals surface area contributed by atoms with Gasteiger partial charge in [0.1, 0.15) is 0 Å². The van der Waals surface area contributed by atoms with Crippen molar-refractivity contribution in [3.8, 4) is 0 Å². The number of ether oxygens (including phenoxy) is 1. The van der Waals surface area contributed by atoms with Crippen LogP contribution in [0.4, 0.5) is 4.79 Å². The first-order chi connectivity index (χ1) is 11.1. The fourth-order valence-electron chi connectivity index (χ4n) is 2.63. The molecule has 0 aliphatic carbocycles. The molecule has 0 spiro atoms. The first-order valence-corrected chi connectivity index (χ1v) is 8.13. The molecule has 124 valence electrons. The molecule has 23 heavy (non-hydrogen) atoms. The number of allylic oxidation sites excluding steroid dienone is 1. The van der Waals surface area contributed by atoms with Crippen molar-refractivity contribution in [2.45, 2.75) is 45.6 Å². The smallest absolute Gasteiger partial charge is 0.338 e. The summed E-state index contributed by atoms with van der Waals surface area (Å²) in [5, 5.41) is 5.45. The van der Waals surface area contributed by atoms with Crippen molar-refractivity contribution >= 4 is 12.0 Å². The van der Waals surface area contributed by atoms with E-state index in [0.717, 1.165) is 31.2 Å². The van der Waals surface area contributed by atoms with Gasteiger partial charge in [0.15, 0.2) is 0 Å². The van der Waals surface area contributed by atoms with Gasteiger partial charge in [0, 0.05) is 5.70 Å². The number of hydrogen-bond donors (Lipinski definition) is 2. The maximum Gasteiger partial charge on any atom is 0.338 e. The molecule has 1 atom stereocenters. The van der Waals surface area contributed by atoms with Crippen molar-refractivity contribution in [3.05, 3.63) is 47.2 Å². The zero-order valence-electron chi connectivity index (χ0n) is 13.7. The second-order valence-electron chi connectivity index (χ2n) is 5.68. The van der Waals surface area contributed by atoms with Crippen LogP contribution >= 0.6 is 0 Å². The van der Waals surface area contributed by atoms with Crippen molar-refractivity contribution < 1.29 is 14.3 Å². The van der Waals surface area contributed by atoms with Gasteiger partial charge in [-0.25, -0.2) is 9.59 Å². The Labute approximate surface area is 137 Å². The molecule has 1 aromatic carbocycles. The fourth-order valence-corrected chi connectivity index (χ4v) is 2.63. The molecule has 0 saturated heterocycles. The van der Waals surface area contributed by atoms with Crippen LogP contribution in [-0.4, -0.2) is 18.6 Å². The second kappa shape index (κ2) is 8.36. The number of amides is 2. The topological polar surface area (TPSA) is 67.4 Å². The summed E-state index contributed by atoms with van der Waals surface area (Å²) in [4.78, 5) is 24.2. The second-order valence-corrected chi connectivity index (χ2v) is 5.68. The maximum atomic E-state index is 12.5. The molecule has 1 aliphatic rings. The van der Waals surface area contributed by atoms with Gasteiger partial charge in [-0.2, -0.15) is 0 Å². The molecule has 0 bridgehead atoms. The number of rotatable bonds is 7. The van der Waals surface area contributed by atoms with Crippen molar-refractivity contribution in [2.24, 2.45) is 0 Å². The molecule has 5 nitrogen and oxygen atoms in total. The van der Waals surface area contributed by atoms with Crippen LogP contribution in [0.3, 0.4) is 0 Å². The molecule has 0 unspecified atom stereocenters. The van der Waals surface area contributed by atoms with Crippen LogP contribution in [0, 0.1) is 0 Å². The molecule has 0 aromatic heterocycles. The Morgan fingerprint density at radius 3 is 2.61 bits per heavy atom. The minimum Gasteiger partial charge on any atom is -0.462 e. The normalized spacial score (nSPS) is 17.5. The quantitative estimate of drug-likeness (QED) is 0.598. The number of nitrogens with one attached hydrogen (secondary N) is 2. The van der Waals surface area contributed by atoms with E-state index in [9.17, 15) is 9.59 Å². The van der Waals surface area contributed by atoms with Crippen LogP contribution in [0.1, 0.15) is 51.1 Å². The van der Waals surface area contributed by atoms with Crippen LogP contribution < -0.4 is 10.6 Å². The Morgan fingerprint density at radius 2 is 1.91 bits per heavy atom. The number of hydrogen-bond acceptors (Lipinski definition) is 3. The highest BCUT2D eigenvalue weighted by molar-refractivity contribution is 5.95. The van der Waals surface area contributed by atoms with Crippen molar-refractivity contribution in [2.75, 3.05) is 6.61 Å². The summed E-state index contributed by atoms with van der Waals surface area (Å²) in [6.45, 7) is 4.27. The van der Waals surface area contributed by atoms with E-state index in [1.807, 2.05) is 30.3 Å². The summed E-state index contributed by atoms with van der Waals surface area (Å²) in [5.41, 5.74) is 1.87. The third kappa shape index (κ3) is 4.58. The summed E-state index contributed by atoms with van der Waals surface area (Å²) in [7, 11) is 0. The molecule has 2 N–H and O–H groups in total. The molecule has 0 saturated carbocycles. The number of esters is 1. The van der Waals surface area contributed by atoms with E-state index >= 15 is 0 Å². The minimum absolute atomic E-state index is 0.309. The molecule has 0 fully saturated rings. The number of benzene rings is 1. The summed E-state index contributed by atoms with van der Waals surface area (Å²) >= 11 is 0. The predicted octanol–water partition coefficient (Wildman–Crippen LogP) is 3.44. The number of carbonyl (C=O) groups is 2. The fraction of sp³-hybridized carbons (Fsp3) is 0.444. The third-order valence-corrected chi connectivity index (χ3v) is 3.85. The van der Waals surface area contributed by atoms with Gasteiger partial charge in [-0.1, -0.05) is 56.5 Å². The Hall–Kier alpha value is -2.30. The minimum atomic E-state index is -0.479. The molecular formula is C18H24N2O3. The summed E-state index contributed by atoms with van der Waals surface area (Å²) in [5.74, 6) is -0.375. The van der Waals surface area contributed by atoms with Crippen molar-refractivity contribution in [1.82, 2.24) is 10.6 Å². The average Bonchev–Trinajstić information content (AvgIpc) is 2.54. The zero-order valence-corrected chi connectivity index (χ0v) is 13.7. The summed E-state index contributed by atoms with van der Waals surface area (Å²) in [6.07, 6.45) is 4.20. The highest BCUT2D eigenvalue weighted by atomic mass is 16.5. The van der Waals surface area contributed by atoms with Gasteiger partial charge in [0.05, 0.1) is 18.2 Å². The van der Waals surface area contributed by atoms with Gasteiger partial charge in [-0.15, -0.1) is 0 Å². The van der Waals surface area contributed by atoms with Crippen molar-refractivity contribution in [1.29, 1.82) is 0 Å². The monoisotopic (exact) mass is 316 g/mol. The van der Waals surface area contributed by atoms with Gasteiger partial charge >= 0.3 is 12.0 Å². The maximum absolute atomic E-state index is 12.5. The SMILES string of the molecule is CCCCCCOC(=O)C1=C(C)NC(=O)N[C@H]1c1ccccc1. The number of urea groups is 1. The van der Waals surface area contributed by atoms with E-state index in [2.05, 4.69) is 17.6 Å². The lowest BCUT2D eigenvalue weighted by Gasteiger charge is -2.28. The van der Waals surface area contributed by atoms with Gasteiger partial charge in [-0.3, -0.25) is 0 Å². The lowest BCUT2D eigenvalue weighted by Crippen LogP contribution is -2.45. The number of carbonyl (C=O) groups excluding carboxylic acids is 2. The highest BCUT2D eigenvalue weighted by Gasteiger charge is 2.31. The molecule has 1 aromatic rings. The Morgan fingerprint density at radius 1 is 1.17 bits per heavy atom. The zero-order chi connectivity index (χ0) is 16.7. The van der Waals surface area contributed by atoms with E-state index < -0.39 is 6.04 Å². The van der Waals surface area contributed by atoms with Crippen LogP contribution in [0.15, 0.2) is 41.6 Å². The molecule has 1 heterocycles. The Bertz CT molecular complexity index is 581. The molecular weight excluding hydrogens is 292 g/mol.